The Kier molecular flexibility index (Phi) is 7.68. The van der Waals surface area contributed by atoms with E-state index in [0.717, 1.165) is 12.1 Å². The van der Waals surface area contributed by atoms with Gasteiger partial charge in [0.25, 0.3) is 5.91 Å². The van der Waals surface area contributed by atoms with Crippen molar-refractivity contribution in [1.82, 2.24) is 9.80 Å². The maximum Gasteiger partial charge on any atom is 0.259 e. The molecule has 4 rings (SSSR count). The Balaban J connectivity index is 1.47. The van der Waals surface area contributed by atoms with Crippen molar-refractivity contribution in [3.63, 3.8) is 0 Å². The minimum Gasteiger partial charge on any atom is -0.493 e. The fraction of sp³-hybridized carbons (Fsp3) is 0.440. The van der Waals surface area contributed by atoms with Gasteiger partial charge in [-0.15, -0.1) is 0 Å². The molecule has 2 amide bonds. The van der Waals surface area contributed by atoms with Crippen LogP contribution in [0.15, 0.2) is 42.5 Å². The number of halogens is 3. The molecule has 0 aliphatic carbocycles. The second kappa shape index (κ2) is 10.7. The zero-order chi connectivity index (χ0) is 24.1. The predicted octanol–water partition coefficient (Wildman–Crippen LogP) is 4.17. The van der Waals surface area contributed by atoms with Crippen LogP contribution in [0.25, 0.3) is 0 Å². The molecule has 182 valence electrons. The third-order valence-corrected chi connectivity index (χ3v) is 6.79. The van der Waals surface area contributed by atoms with Crippen molar-refractivity contribution < 1.29 is 27.8 Å². The zero-order valence-corrected chi connectivity index (χ0v) is 19.5. The molecular formula is C25H27ClF2N2O4. The van der Waals surface area contributed by atoms with Crippen LogP contribution in [0.4, 0.5) is 8.78 Å². The highest BCUT2D eigenvalue weighted by atomic mass is 35.5. The van der Waals surface area contributed by atoms with Gasteiger partial charge in [0.1, 0.15) is 22.9 Å². The molecule has 9 heteroatoms. The van der Waals surface area contributed by atoms with E-state index < -0.39 is 28.5 Å². The topological polar surface area (TPSA) is 59.1 Å². The first kappa shape index (κ1) is 24.4. The summed E-state index contributed by atoms with van der Waals surface area (Å²) < 4.78 is 39.7. The minimum absolute atomic E-state index is 0.0166. The Hall–Kier alpha value is -2.71. The van der Waals surface area contributed by atoms with Gasteiger partial charge in [-0.2, -0.15) is 0 Å². The molecule has 0 aromatic heterocycles. The number of hydrogen-bond donors (Lipinski definition) is 0. The lowest BCUT2D eigenvalue weighted by atomic mass is 9.75. The smallest absolute Gasteiger partial charge is 0.259 e. The molecule has 2 aliphatic rings. The molecule has 0 N–H and O–H groups in total. The number of carbonyl (C=O) groups is 2. The molecule has 34 heavy (non-hydrogen) atoms. The molecule has 0 radical (unpaired) electrons. The fourth-order valence-corrected chi connectivity index (χ4v) is 4.56. The van der Waals surface area contributed by atoms with E-state index in [1.807, 2.05) is 0 Å². The van der Waals surface area contributed by atoms with Gasteiger partial charge in [-0.1, -0.05) is 17.7 Å². The van der Waals surface area contributed by atoms with Crippen LogP contribution < -0.4 is 4.74 Å². The van der Waals surface area contributed by atoms with Gasteiger partial charge in [0.05, 0.1) is 19.8 Å². The molecule has 0 saturated carbocycles. The van der Waals surface area contributed by atoms with E-state index in [0.29, 0.717) is 49.9 Å². The highest BCUT2D eigenvalue weighted by Gasteiger charge is 2.40. The van der Waals surface area contributed by atoms with Crippen molar-refractivity contribution in [2.24, 2.45) is 5.41 Å². The molecule has 0 bridgehead atoms. The maximum atomic E-state index is 14.1. The number of nitrogens with zero attached hydrogens (tertiary/aromatic N) is 2. The van der Waals surface area contributed by atoms with E-state index in [9.17, 15) is 18.4 Å². The van der Waals surface area contributed by atoms with Gasteiger partial charge in [0.15, 0.2) is 0 Å². The normalized spacial score (nSPS) is 18.0. The quantitative estimate of drug-likeness (QED) is 0.607. The molecule has 2 saturated heterocycles. The SMILES string of the molecule is O=C(CC1(COc2ccc(Cl)cc2)CCN(C(=O)c2c(F)cccc2F)CC1)N1CCOCC1. The van der Waals surface area contributed by atoms with Crippen LogP contribution in [-0.4, -0.2) is 67.6 Å². The van der Waals surface area contributed by atoms with Gasteiger partial charge in [-0.05, 0) is 49.2 Å². The maximum absolute atomic E-state index is 14.1. The Labute approximate surface area is 202 Å². The van der Waals surface area contributed by atoms with Crippen LogP contribution in [-0.2, 0) is 9.53 Å². The second-order valence-corrected chi connectivity index (χ2v) is 9.24. The zero-order valence-electron chi connectivity index (χ0n) is 18.8. The van der Waals surface area contributed by atoms with Crippen molar-refractivity contribution >= 4 is 23.4 Å². The Morgan fingerprint density at radius 1 is 0.941 bits per heavy atom. The summed E-state index contributed by atoms with van der Waals surface area (Å²) in [5.74, 6) is -1.79. The number of carbonyl (C=O) groups excluding carboxylic acids is 2. The molecule has 0 atom stereocenters. The number of ether oxygens (including phenoxy) is 2. The van der Waals surface area contributed by atoms with E-state index >= 15 is 0 Å². The van der Waals surface area contributed by atoms with Crippen molar-refractivity contribution in [3.8, 4) is 5.75 Å². The third-order valence-electron chi connectivity index (χ3n) is 6.54. The van der Waals surface area contributed by atoms with Crippen LogP contribution in [0.5, 0.6) is 5.75 Å². The Morgan fingerprint density at radius 2 is 1.56 bits per heavy atom. The molecule has 0 unspecified atom stereocenters. The van der Waals surface area contributed by atoms with E-state index in [4.69, 9.17) is 21.1 Å². The van der Waals surface area contributed by atoms with E-state index in [1.54, 1.807) is 29.2 Å². The summed E-state index contributed by atoms with van der Waals surface area (Å²) in [6, 6.07) is 10.4. The molecule has 2 aliphatic heterocycles. The lowest BCUT2D eigenvalue weighted by Crippen LogP contribution is -2.49. The van der Waals surface area contributed by atoms with Crippen molar-refractivity contribution in [2.75, 3.05) is 46.0 Å². The van der Waals surface area contributed by atoms with Crippen molar-refractivity contribution in [2.45, 2.75) is 19.3 Å². The van der Waals surface area contributed by atoms with Gasteiger partial charge in [-0.3, -0.25) is 9.59 Å². The number of benzene rings is 2. The highest BCUT2D eigenvalue weighted by Crippen LogP contribution is 2.37. The van der Waals surface area contributed by atoms with Crippen LogP contribution in [0.1, 0.15) is 29.6 Å². The summed E-state index contributed by atoms with van der Waals surface area (Å²) in [5, 5.41) is 0.594. The average molecular weight is 493 g/mol. The lowest BCUT2D eigenvalue weighted by Gasteiger charge is -2.42. The summed E-state index contributed by atoms with van der Waals surface area (Å²) in [6.45, 7) is 2.93. The Morgan fingerprint density at radius 3 is 2.18 bits per heavy atom. The molecule has 2 heterocycles. The number of piperidine rings is 1. The third kappa shape index (κ3) is 5.67. The average Bonchev–Trinajstić information content (AvgIpc) is 2.84. The van der Waals surface area contributed by atoms with Crippen molar-refractivity contribution in [3.05, 3.63) is 64.7 Å². The number of likely N-dealkylation sites (tertiary alicyclic amines) is 1. The van der Waals surface area contributed by atoms with Crippen LogP contribution in [0.3, 0.4) is 0 Å². The molecule has 6 nitrogen and oxygen atoms in total. The van der Waals surface area contributed by atoms with E-state index in [2.05, 4.69) is 0 Å². The summed E-state index contributed by atoms with van der Waals surface area (Å²) in [7, 11) is 0. The highest BCUT2D eigenvalue weighted by molar-refractivity contribution is 6.30. The van der Waals surface area contributed by atoms with Crippen molar-refractivity contribution in [1.29, 1.82) is 0 Å². The van der Waals surface area contributed by atoms with Gasteiger partial charge in [0, 0.05) is 43.0 Å². The van der Waals surface area contributed by atoms with Crippen LogP contribution in [0, 0.1) is 17.0 Å². The van der Waals surface area contributed by atoms with Gasteiger partial charge < -0.3 is 19.3 Å². The Bertz CT molecular complexity index is 1000. The first-order valence-corrected chi connectivity index (χ1v) is 11.7. The standard InChI is InChI=1S/C25H27ClF2N2O4/c26-18-4-6-19(7-5-18)34-17-25(16-22(31)29-12-14-33-15-13-29)8-10-30(11-9-25)24(32)23-20(27)2-1-3-21(23)28/h1-7H,8-17H2. The largest absolute Gasteiger partial charge is 0.493 e. The molecule has 2 aromatic carbocycles. The van der Waals surface area contributed by atoms with E-state index in [-0.39, 0.29) is 32.0 Å². The number of morpholine rings is 1. The first-order valence-electron chi connectivity index (χ1n) is 11.3. The molecule has 2 fully saturated rings. The van der Waals surface area contributed by atoms with E-state index in [1.165, 1.54) is 11.0 Å². The predicted molar refractivity (Wildman–Crippen MR) is 123 cm³/mol. The molecule has 2 aromatic rings. The van der Waals surface area contributed by atoms with Gasteiger partial charge in [0.2, 0.25) is 5.91 Å². The number of amides is 2. The van der Waals surface area contributed by atoms with Crippen LogP contribution >= 0.6 is 11.6 Å². The second-order valence-electron chi connectivity index (χ2n) is 8.80. The molecular weight excluding hydrogens is 466 g/mol. The first-order chi connectivity index (χ1) is 16.4. The number of rotatable bonds is 6. The molecule has 0 spiro atoms. The lowest BCUT2D eigenvalue weighted by molar-refractivity contribution is -0.139. The van der Waals surface area contributed by atoms with Gasteiger partial charge >= 0.3 is 0 Å². The fourth-order valence-electron chi connectivity index (χ4n) is 4.43. The summed E-state index contributed by atoms with van der Waals surface area (Å²) in [5.41, 5.74) is -1.06. The summed E-state index contributed by atoms with van der Waals surface area (Å²) in [6.07, 6.45) is 1.20. The monoisotopic (exact) mass is 492 g/mol. The van der Waals surface area contributed by atoms with Gasteiger partial charge in [-0.25, -0.2) is 8.78 Å². The minimum atomic E-state index is -0.879. The summed E-state index contributed by atoms with van der Waals surface area (Å²) in [4.78, 5) is 29.2. The number of hydrogen-bond acceptors (Lipinski definition) is 4. The summed E-state index contributed by atoms with van der Waals surface area (Å²) >= 11 is 5.95. The van der Waals surface area contributed by atoms with Crippen LogP contribution in [0.2, 0.25) is 5.02 Å².